The molecule has 0 unspecified atom stereocenters. The molecule has 5 heteroatoms. The molecule has 0 bridgehead atoms. The van der Waals surface area contributed by atoms with Gasteiger partial charge in [-0.05, 0) is 37.5 Å². The van der Waals surface area contributed by atoms with Crippen molar-refractivity contribution in [3.63, 3.8) is 0 Å². The van der Waals surface area contributed by atoms with Gasteiger partial charge in [0.15, 0.2) is 0 Å². The highest BCUT2D eigenvalue weighted by Crippen LogP contribution is 2.24. The minimum absolute atomic E-state index is 0.132. The molecule has 1 aromatic carbocycles. The molecule has 0 radical (unpaired) electrons. The molecule has 1 aromatic rings. The molecule has 4 nitrogen and oxygen atoms in total. The number of ether oxygens (including phenoxy) is 1. The highest BCUT2D eigenvalue weighted by atomic mass is 79.9. The lowest BCUT2D eigenvalue weighted by molar-refractivity contribution is -0.124. The fraction of sp³-hybridized carbons (Fsp3) is 0.462. The number of carbonyl (C=O) groups is 1. The van der Waals surface area contributed by atoms with Gasteiger partial charge in [-0.2, -0.15) is 0 Å². The van der Waals surface area contributed by atoms with Gasteiger partial charge in [0.05, 0.1) is 0 Å². The zero-order valence-electron chi connectivity index (χ0n) is 10.3. The lowest BCUT2D eigenvalue weighted by Crippen LogP contribution is -2.54. The maximum Gasteiger partial charge on any atom is 0.244 e. The molecule has 1 amide bonds. The maximum atomic E-state index is 12.2. The van der Waals surface area contributed by atoms with E-state index in [-0.39, 0.29) is 5.91 Å². The zero-order valence-corrected chi connectivity index (χ0v) is 11.9. The predicted octanol–water partition coefficient (Wildman–Crippen LogP) is 2.20. The van der Waals surface area contributed by atoms with Crippen LogP contribution in [0.5, 0.6) is 0 Å². The topological polar surface area (TPSA) is 64.4 Å². The van der Waals surface area contributed by atoms with Crippen LogP contribution in [-0.4, -0.2) is 24.7 Å². The van der Waals surface area contributed by atoms with Gasteiger partial charge in [0.2, 0.25) is 5.91 Å². The van der Waals surface area contributed by atoms with E-state index >= 15 is 0 Å². The quantitative estimate of drug-likeness (QED) is 0.880. The molecule has 1 aliphatic rings. The Morgan fingerprint density at radius 1 is 1.44 bits per heavy atom. The van der Waals surface area contributed by atoms with Crippen molar-refractivity contribution < 1.29 is 9.53 Å². The van der Waals surface area contributed by atoms with E-state index in [9.17, 15) is 4.79 Å². The number of hydrogen-bond acceptors (Lipinski definition) is 3. The molecule has 1 heterocycles. The average Bonchev–Trinajstić information content (AvgIpc) is 2.35. The van der Waals surface area contributed by atoms with Gasteiger partial charge in [-0.25, -0.2) is 0 Å². The Kier molecular flexibility index (Phi) is 4.04. The third kappa shape index (κ3) is 2.91. The largest absolute Gasteiger partial charge is 0.381 e. The Balaban J connectivity index is 2.13. The van der Waals surface area contributed by atoms with Gasteiger partial charge < -0.3 is 15.8 Å². The van der Waals surface area contributed by atoms with E-state index in [0.717, 1.165) is 15.7 Å². The van der Waals surface area contributed by atoms with E-state index in [1.165, 1.54) is 0 Å². The maximum absolute atomic E-state index is 12.2. The molecule has 0 aromatic heterocycles. The molecular weight excluding hydrogens is 296 g/mol. The van der Waals surface area contributed by atoms with Crippen molar-refractivity contribution in [2.45, 2.75) is 25.3 Å². The number of rotatable bonds is 2. The van der Waals surface area contributed by atoms with Crippen LogP contribution < -0.4 is 11.1 Å². The van der Waals surface area contributed by atoms with Crippen molar-refractivity contribution in [3.05, 3.63) is 28.2 Å². The first kappa shape index (κ1) is 13.5. The first-order chi connectivity index (χ1) is 8.51. The highest BCUT2D eigenvalue weighted by Gasteiger charge is 2.36. The lowest BCUT2D eigenvalue weighted by atomic mass is 9.90. The van der Waals surface area contributed by atoms with Crippen LogP contribution in [0, 0.1) is 6.92 Å². The Labute approximate surface area is 115 Å². The summed E-state index contributed by atoms with van der Waals surface area (Å²) in [5.41, 5.74) is 7.14. The summed E-state index contributed by atoms with van der Waals surface area (Å²) >= 11 is 3.39. The van der Waals surface area contributed by atoms with Gasteiger partial charge in [-0.15, -0.1) is 0 Å². The summed E-state index contributed by atoms with van der Waals surface area (Å²) in [6, 6.07) is 5.78. The second kappa shape index (κ2) is 5.38. The first-order valence-electron chi connectivity index (χ1n) is 5.95. The normalized spacial score (nSPS) is 18.4. The Bertz CT molecular complexity index is 456. The van der Waals surface area contributed by atoms with Crippen LogP contribution in [0.15, 0.2) is 22.7 Å². The minimum atomic E-state index is -0.812. The van der Waals surface area contributed by atoms with Crippen LogP contribution in [0.2, 0.25) is 0 Å². The van der Waals surface area contributed by atoms with Gasteiger partial charge in [-0.3, -0.25) is 4.79 Å². The molecule has 1 fully saturated rings. The molecule has 1 saturated heterocycles. The van der Waals surface area contributed by atoms with Crippen molar-refractivity contribution in [1.29, 1.82) is 0 Å². The third-order valence-corrected chi connectivity index (χ3v) is 3.78. The smallest absolute Gasteiger partial charge is 0.244 e. The zero-order chi connectivity index (χ0) is 13.2. The molecule has 0 spiro atoms. The Hall–Kier alpha value is -0.910. The molecule has 18 heavy (non-hydrogen) atoms. The molecule has 2 rings (SSSR count). The number of amides is 1. The van der Waals surface area contributed by atoms with Gasteiger partial charge in [0, 0.05) is 23.4 Å². The van der Waals surface area contributed by atoms with Gasteiger partial charge in [-0.1, -0.05) is 22.0 Å². The summed E-state index contributed by atoms with van der Waals surface area (Å²) in [7, 11) is 0. The van der Waals surface area contributed by atoms with Crippen LogP contribution in [0.25, 0.3) is 0 Å². The molecular formula is C13H17BrN2O2. The summed E-state index contributed by atoms with van der Waals surface area (Å²) in [6.45, 7) is 3.04. The van der Waals surface area contributed by atoms with Crippen LogP contribution >= 0.6 is 15.9 Å². The first-order valence-corrected chi connectivity index (χ1v) is 6.75. The number of benzene rings is 1. The number of hydrogen-bond donors (Lipinski definition) is 2. The number of aryl methyl sites for hydroxylation is 1. The van der Waals surface area contributed by atoms with E-state index in [4.69, 9.17) is 10.5 Å². The van der Waals surface area contributed by atoms with E-state index in [2.05, 4.69) is 21.2 Å². The number of carbonyl (C=O) groups excluding carboxylic acids is 1. The van der Waals surface area contributed by atoms with Gasteiger partial charge in [0.1, 0.15) is 5.54 Å². The number of halogens is 1. The van der Waals surface area contributed by atoms with Crippen molar-refractivity contribution in [1.82, 2.24) is 0 Å². The monoisotopic (exact) mass is 312 g/mol. The second-order valence-corrected chi connectivity index (χ2v) is 5.60. The Morgan fingerprint density at radius 3 is 2.78 bits per heavy atom. The van der Waals surface area contributed by atoms with Gasteiger partial charge in [0.25, 0.3) is 0 Å². The standard InChI is InChI=1S/C13H17BrN2O2/c1-9-2-3-10(14)8-11(9)16-12(17)13(15)4-6-18-7-5-13/h2-3,8H,4-7,15H2,1H3,(H,16,17). The summed E-state index contributed by atoms with van der Waals surface area (Å²) in [5.74, 6) is -0.132. The van der Waals surface area contributed by atoms with E-state index in [1.54, 1.807) is 0 Å². The number of anilines is 1. The highest BCUT2D eigenvalue weighted by molar-refractivity contribution is 9.10. The third-order valence-electron chi connectivity index (χ3n) is 3.29. The fourth-order valence-electron chi connectivity index (χ4n) is 1.94. The molecule has 1 aliphatic heterocycles. The van der Waals surface area contributed by atoms with Crippen LogP contribution in [0.4, 0.5) is 5.69 Å². The second-order valence-electron chi connectivity index (χ2n) is 4.68. The lowest BCUT2D eigenvalue weighted by Gasteiger charge is -2.32. The Morgan fingerprint density at radius 2 is 2.11 bits per heavy atom. The fourth-order valence-corrected chi connectivity index (χ4v) is 2.30. The summed E-state index contributed by atoms with van der Waals surface area (Å²) in [5, 5.41) is 2.91. The van der Waals surface area contributed by atoms with Crippen LogP contribution in [0.1, 0.15) is 18.4 Å². The molecule has 98 valence electrons. The summed E-state index contributed by atoms with van der Waals surface area (Å²) < 4.78 is 6.17. The van der Waals surface area contributed by atoms with E-state index in [1.807, 2.05) is 25.1 Å². The minimum Gasteiger partial charge on any atom is -0.381 e. The van der Waals surface area contributed by atoms with Gasteiger partial charge >= 0.3 is 0 Å². The number of nitrogens with one attached hydrogen (secondary N) is 1. The number of nitrogens with two attached hydrogens (primary N) is 1. The van der Waals surface area contributed by atoms with Crippen molar-refractivity contribution in [2.75, 3.05) is 18.5 Å². The molecule has 0 atom stereocenters. The summed E-state index contributed by atoms with van der Waals surface area (Å²) in [6.07, 6.45) is 1.12. The van der Waals surface area contributed by atoms with Crippen molar-refractivity contribution >= 4 is 27.5 Å². The SMILES string of the molecule is Cc1ccc(Br)cc1NC(=O)C1(N)CCOCC1. The van der Waals surface area contributed by atoms with Crippen molar-refractivity contribution in [2.24, 2.45) is 5.73 Å². The van der Waals surface area contributed by atoms with E-state index < -0.39 is 5.54 Å². The van der Waals surface area contributed by atoms with Crippen LogP contribution in [0.3, 0.4) is 0 Å². The molecule has 3 N–H and O–H groups in total. The molecule has 0 saturated carbocycles. The summed E-state index contributed by atoms with van der Waals surface area (Å²) in [4.78, 5) is 12.2. The van der Waals surface area contributed by atoms with Crippen LogP contribution in [-0.2, 0) is 9.53 Å². The average molecular weight is 313 g/mol. The van der Waals surface area contributed by atoms with E-state index in [0.29, 0.717) is 26.1 Å². The molecule has 0 aliphatic carbocycles. The van der Waals surface area contributed by atoms with Crippen molar-refractivity contribution in [3.8, 4) is 0 Å². The predicted molar refractivity (Wildman–Crippen MR) is 74.5 cm³/mol.